The Bertz CT molecular complexity index is 260. The molecule has 0 radical (unpaired) electrons. The maximum absolute atomic E-state index is 5.52. The minimum atomic E-state index is 0.374. The van der Waals surface area contributed by atoms with Crippen molar-refractivity contribution in [2.75, 3.05) is 13.2 Å². The smallest absolute Gasteiger partial charge is 0.0771 e. The van der Waals surface area contributed by atoms with E-state index in [1.165, 1.54) is 18.6 Å². The molecule has 0 aromatic heterocycles. The average molecular weight is 191 g/mol. The summed E-state index contributed by atoms with van der Waals surface area (Å²) in [5.41, 5.74) is 1.20. The molecule has 0 aromatic rings. The maximum Gasteiger partial charge on any atom is 0.0771 e. The Balaban J connectivity index is 1.83. The Morgan fingerprint density at radius 2 is 2.21 bits per heavy atom. The summed E-state index contributed by atoms with van der Waals surface area (Å²) >= 11 is 0. The molecule has 1 aliphatic heterocycles. The first-order valence-electron chi connectivity index (χ1n) is 5.34. The molecule has 2 rings (SSSR count). The van der Waals surface area contributed by atoms with Crippen molar-refractivity contribution in [2.45, 2.75) is 25.9 Å². The molecule has 1 fully saturated rings. The lowest BCUT2D eigenvalue weighted by Gasteiger charge is -2.08. The molecule has 0 N–H and O–H groups in total. The highest BCUT2D eigenvalue weighted by Crippen LogP contribution is 2.14. The summed E-state index contributed by atoms with van der Waals surface area (Å²) < 4.78 is 5.52. The Morgan fingerprint density at radius 3 is 2.86 bits per heavy atom. The van der Waals surface area contributed by atoms with Crippen molar-refractivity contribution in [3.05, 3.63) is 24.3 Å². The van der Waals surface area contributed by atoms with Crippen LogP contribution in [0.5, 0.6) is 0 Å². The molecule has 0 bridgehead atoms. The second-order valence-corrected chi connectivity index (χ2v) is 3.91. The van der Waals surface area contributed by atoms with Crippen LogP contribution in [-0.2, 0) is 4.74 Å². The lowest BCUT2D eigenvalue weighted by atomic mass is 10.1. The van der Waals surface area contributed by atoms with Crippen molar-refractivity contribution >= 4 is 5.71 Å². The fourth-order valence-electron chi connectivity index (χ4n) is 1.85. The predicted octanol–water partition coefficient (Wildman–Crippen LogP) is 2.37. The van der Waals surface area contributed by atoms with E-state index in [1.807, 2.05) is 0 Å². The number of hydrogen-bond acceptors (Lipinski definition) is 2. The highest BCUT2D eigenvalue weighted by atomic mass is 16.5. The predicted molar refractivity (Wildman–Crippen MR) is 58.7 cm³/mol. The molecule has 0 saturated carbocycles. The van der Waals surface area contributed by atoms with Gasteiger partial charge in [-0.1, -0.05) is 24.3 Å². The third kappa shape index (κ3) is 2.32. The normalized spacial score (nSPS) is 27.8. The Morgan fingerprint density at radius 1 is 1.43 bits per heavy atom. The summed E-state index contributed by atoms with van der Waals surface area (Å²) in [6.45, 7) is 3.85. The number of rotatable bonds is 3. The second-order valence-electron chi connectivity index (χ2n) is 3.91. The van der Waals surface area contributed by atoms with Crippen LogP contribution in [0.25, 0.3) is 0 Å². The van der Waals surface area contributed by atoms with Gasteiger partial charge in [0.1, 0.15) is 0 Å². The number of nitrogens with zero attached hydrogens (tertiary/aromatic N) is 1. The summed E-state index contributed by atoms with van der Waals surface area (Å²) in [5.74, 6) is 0.427. The molecule has 0 aromatic carbocycles. The number of aliphatic imine (C=N–C) groups is 1. The van der Waals surface area contributed by atoms with Crippen LogP contribution in [0.15, 0.2) is 29.3 Å². The molecule has 14 heavy (non-hydrogen) atoms. The third-order valence-electron chi connectivity index (χ3n) is 2.80. The number of ether oxygens (including phenoxy) is 1. The van der Waals surface area contributed by atoms with Crippen LogP contribution in [0.4, 0.5) is 0 Å². The van der Waals surface area contributed by atoms with Gasteiger partial charge in [-0.3, -0.25) is 4.99 Å². The van der Waals surface area contributed by atoms with Gasteiger partial charge in [0, 0.05) is 18.2 Å². The fourth-order valence-corrected chi connectivity index (χ4v) is 1.85. The first-order valence-corrected chi connectivity index (χ1v) is 5.34. The van der Waals surface area contributed by atoms with Crippen LogP contribution < -0.4 is 0 Å². The monoisotopic (exact) mass is 191 g/mol. The van der Waals surface area contributed by atoms with Gasteiger partial charge in [-0.15, -0.1) is 0 Å². The van der Waals surface area contributed by atoms with E-state index in [0.717, 1.165) is 13.2 Å². The number of hydrogen-bond donors (Lipinski definition) is 0. The molecule has 1 saturated heterocycles. The maximum atomic E-state index is 5.52. The van der Waals surface area contributed by atoms with E-state index in [4.69, 9.17) is 4.74 Å². The van der Waals surface area contributed by atoms with E-state index in [-0.39, 0.29) is 0 Å². The second kappa shape index (κ2) is 4.56. The number of allylic oxidation sites excluding steroid dienone is 4. The molecule has 2 aliphatic rings. The molecule has 0 amide bonds. The van der Waals surface area contributed by atoms with Crippen LogP contribution in [0.3, 0.4) is 0 Å². The van der Waals surface area contributed by atoms with Gasteiger partial charge in [0.05, 0.1) is 12.6 Å². The van der Waals surface area contributed by atoms with Crippen LogP contribution >= 0.6 is 0 Å². The fraction of sp³-hybridized carbons (Fsp3) is 0.583. The van der Waals surface area contributed by atoms with Crippen LogP contribution in [0.2, 0.25) is 0 Å². The summed E-state index contributed by atoms with van der Waals surface area (Å²) in [5, 5.41) is 0. The van der Waals surface area contributed by atoms with Gasteiger partial charge in [0.2, 0.25) is 0 Å². The zero-order valence-corrected chi connectivity index (χ0v) is 8.65. The highest BCUT2D eigenvalue weighted by Gasteiger charge is 2.15. The standard InChI is InChI=1S/C12H17NO/c1-10(11-5-2-3-6-11)13-9-12-7-4-8-14-12/h2-3,5-6,11-12H,4,7-9H2,1H3/t12-/m1/s1. The Kier molecular flexibility index (Phi) is 3.14. The van der Waals surface area contributed by atoms with E-state index in [9.17, 15) is 0 Å². The van der Waals surface area contributed by atoms with Gasteiger partial charge >= 0.3 is 0 Å². The van der Waals surface area contributed by atoms with Gasteiger partial charge in [-0.2, -0.15) is 0 Å². The van der Waals surface area contributed by atoms with Gasteiger partial charge in [0.15, 0.2) is 0 Å². The zero-order chi connectivity index (χ0) is 9.80. The van der Waals surface area contributed by atoms with Gasteiger partial charge in [-0.25, -0.2) is 0 Å². The van der Waals surface area contributed by atoms with Gasteiger partial charge in [0.25, 0.3) is 0 Å². The minimum Gasteiger partial charge on any atom is -0.376 e. The van der Waals surface area contributed by atoms with E-state index in [1.54, 1.807) is 0 Å². The van der Waals surface area contributed by atoms with Crippen molar-refractivity contribution < 1.29 is 4.74 Å². The van der Waals surface area contributed by atoms with Crippen LogP contribution in [-0.4, -0.2) is 25.0 Å². The SMILES string of the molecule is CC(=NC[C@H]1CCCO1)C1C=CC=C1. The molecule has 76 valence electrons. The van der Waals surface area contributed by atoms with E-state index in [0.29, 0.717) is 12.0 Å². The van der Waals surface area contributed by atoms with Crippen molar-refractivity contribution in [2.24, 2.45) is 10.9 Å². The lowest BCUT2D eigenvalue weighted by molar-refractivity contribution is 0.118. The van der Waals surface area contributed by atoms with E-state index >= 15 is 0 Å². The first kappa shape index (κ1) is 9.66. The Hall–Kier alpha value is -0.890. The third-order valence-corrected chi connectivity index (χ3v) is 2.80. The Labute approximate surface area is 85.4 Å². The molecular weight excluding hydrogens is 174 g/mol. The van der Waals surface area contributed by atoms with E-state index < -0.39 is 0 Å². The molecule has 2 nitrogen and oxygen atoms in total. The lowest BCUT2D eigenvalue weighted by Crippen LogP contribution is -2.12. The first-order chi connectivity index (χ1) is 6.86. The summed E-state index contributed by atoms with van der Waals surface area (Å²) in [4.78, 5) is 4.58. The van der Waals surface area contributed by atoms with Crippen molar-refractivity contribution in [1.29, 1.82) is 0 Å². The van der Waals surface area contributed by atoms with Crippen LogP contribution in [0, 0.1) is 5.92 Å². The summed E-state index contributed by atoms with van der Waals surface area (Å²) in [6.07, 6.45) is 11.3. The van der Waals surface area contributed by atoms with Gasteiger partial charge < -0.3 is 4.74 Å². The molecular formula is C12H17NO. The minimum absolute atomic E-state index is 0.374. The average Bonchev–Trinajstić information content (AvgIpc) is 2.87. The molecule has 1 heterocycles. The van der Waals surface area contributed by atoms with Crippen molar-refractivity contribution in [3.63, 3.8) is 0 Å². The molecule has 1 atom stereocenters. The summed E-state index contributed by atoms with van der Waals surface area (Å²) in [7, 11) is 0. The molecule has 0 spiro atoms. The quantitative estimate of drug-likeness (QED) is 0.627. The molecule has 0 unspecified atom stereocenters. The highest BCUT2D eigenvalue weighted by molar-refractivity contribution is 5.88. The van der Waals surface area contributed by atoms with Crippen molar-refractivity contribution in [1.82, 2.24) is 0 Å². The summed E-state index contributed by atoms with van der Waals surface area (Å²) in [6, 6.07) is 0. The topological polar surface area (TPSA) is 21.6 Å². The zero-order valence-electron chi connectivity index (χ0n) is 8.65. The largest absolute Gasteiger partial charge is 0.376 e. The van der Waals surface area contributed by atoms with E-state index in [2.05, 4.69) is 36.2 Å². The molecule has 1 aliphatic carbocycles. The van der Waals surface area contributed by atoms with Crippen molar-refractivity contribution in [3.8, 4) is 0 Å². The van der Waals surface area contributed by atoms with Gasteiger partial charge in [-0.05, 0) is 19.8 Å². The van der Waals surface area contributed by atoms with Crippen LogP contribution in [0.1, 0.15) is 19.8 Å². The molecule has 2 heteroatoms.